The Hall–Kier alpha value is -3.40. The highest BCUT2D eigenvalue weighted by Gasteiger charge is 2.41. The first-order valence-corrected chi connectivity index (χ1v) is 12.2. The minimum absolute atomic E-state index is 0.425. The average Bonchev–Trinajstić information content (AvgIpc) is 2.82. The summed E-state index contributed by atoms with van der Waals surface area (Å²) in [5.74, 6) is 0. The average molecular weight is 407 g/mol. The molecular weight excluding hydrogens is 380 g/mol. The van der Waals surface area contributed by atoms with Crippen molar-refractivity contribution in [3.05, 3.63) is 127 Å². The molecule has 4 N–H and O–H groups in total. The van der Waals surface area contributed by atoms with Gasteiger partial charge in [0.25, 0.3) is 0 Å². The van der Waals surface area contributed by atoms with E-state index in [1.807, 2.05) is 6.08 Å². The van der Waals surface area contributed by atoms with Crippen LogP contribution in [0.4, 0.5) is 0 Å². The predicted molar refractivity (Wildman–Crippen MR) is 131 cm³/mol. The second-order valence-electron chi connectivity index (χ2n) is 7.32. The van der Waals surface area contributed by atoms with E-state index in [1.165, 1.54) is 20.7 Å². The van der Waals surface area contributed by atoms with Crippen LogP contribution in [0.15, 0.2) is 121 Å². The zero-order valence-corrected chi connectivity index (χ0v) is 17.9. The number of nitrogens with two attached hydrogens (primary N) is 2. The first-order valence-electron chi connectivity index (χ1n) is 10.2. The summed E-state index contributed by atoms with van der Waals surface area (Å²) in [6.45, 7) is 0.425. The van der Waals surface area contributed by atoms with Crippen LogP contribution in [-0.4, -0.2) is 14.6 Å². The number of benzene rings is 4. The maximum atomic E-state index is 6.33. The third-order valence-electron chi connectivity index (χ3n) is 5.59. The molecule has 0 unspecified atom stereocenters. The fraction of sp³-hybridized carbons (Fsp3) is 0.0370. The molecule has 0 bridgehead atoms. The van der Waals surface area contributed by atoms with Crippen molar-refractivity contribution >= 4 is 34.5 Å². The molecule has 0 saturated carbocycles. The van der Waals surface area contributed by atoms with Gasteiger partial charge < -0.3 is 11.5 Å². The summed E-state index contributed by atoms with van der Waals surface area (Å²) in [5.41, 5.74) is 13.8. The standard InChI is InChI=1S/C27H26N2Si/c28-20-19-27(29)22-11-10-18-26(21-22)30(23-12-4-1-5-13-23,24-14-6-2-7-15-24)25-16-8-3-9-17-25/h1-19,21H,20,28-29H2/b27-19-. The monoisotopic (exact) mass is 406 g/mol. The van der Waals surface area contributed by atoms with Crippen molar-refractivity contribution in [3.8, 4) is 0 Å². The van der Waals surface area contributed by atoms with Gasteiger partial charge in [-0.15, -0.1) is 0 Å². The summed E-state index contributed by atoms with van der Waals surface area (Å²) < 4.78 is 0. The molecule has 30 heavy (non-hydrogen) atoms. The normalized spacial score (nSPS) is 12.0. The Morgan fingerprint density at radius 3 is 1.47 bits per heavy atom. The van der Waals surface area contributed by atoms with E-state index in [9.17, 15) is 0 Å². The van der Waals surface area contributed by atoms with E-state index in [4.69, 9.17) is 11.5 Å². The van der Waals surface area contributed by atoms with E-state index in [2.05, 4.69) is 115 Å². The fourth-order valence-corrected chi connectivity index (χ4v) is 9.04. The molecule has 0 heterocycles. The van der Waals surface area contributed by atoms with Crippen molar-refractivity contribution in [1.29, 1.82) is 0 Å². The molecule has 148 valence electrons. The molecule has 0 radical (unpaired) electrons. The Balaban J connectivity index is 2.09. The van der Waals surface area contributed by atoms with Crippen molar-refractivity contribution in [2.75, 3.05) is 6.54 Å². The second kappa shape index (κ2) is 8.95. The maximum Gasteiger partial charge on any atom is 0.179 e. The Bertz CT molecular complexity index is 1030. The quantitative estimate of drug-likeness (QED) is 0.381. The summed E-state index contributed by atoms with van der Waals surface area (Å²) in [5, 5.41) is 5.35. The van der Waals surface area contributed by atoms with Crippen molar-refractivity contribution in [3.63, 3.8) is 0 Å². The lowest BCUT2D eigenvalue weighted by atomic mass is 10.1. The Morgan fingerprint density at radius 2 is 1.03 bits per heavy atom. The first-order chi connectivity index (χ1) is 14.8. The van der Waals surface area contributed by atoms with E-state index >= 15 is 0 Å². The Morgan fingerprint density at radius 1 is 0.600 bits per heavy atom. The summed E-state index contributed by atoms with van der Waals surface area (Å²) in [6, 6.07) is 41.3. The van der Waals surface area contributed by atoms with E-state index in [1.54, 1.807) is 0 Å². The molecule has 0 amide bonds. The number of hydrogen-bond donors (Lipinski definition) is 2. The lowest BCUT2D eigenvalue weighted by Gasteiger charge is -2.34. The minimum atomic E-state index is -2.51. The second-order valence-corrected chi connectivity index (χ2v) is 11.1. The lowest BCUT2D eigenvalue weighted by Crippen LogP contribution is -2.74. The van der Waals surface area contributed by atoms with Crippen LogP contribution in [-0.2, 0) is 0 Å². The van der Waals surface area contributed by atoms with Crippen LogP contribution < -0.4 is 32.2 Å². The van der Waals surface area contributed by atoms with E-state index in [0.29, 0.717) is 6.54 Å². The molecule has 3 heteroatoms. The molecule has 0 atom stereocenters. The zero-order valence-electron chi connectivity index (χ0n) is 16.9. The van der Waals surface area contributed by atoms with E-state index < -0.39 is 8.07 Å². The van der Waals surface area contributed by atoms with Gasteiger partial charge in [0.05, 0.1) is 0 Å². The van der Waals surface area contributed by atoms with Gasteiger partial charge in [0, 0.05) is 12.2 Å². The first kappa shape index (κ1) is 19.9. The summed E-state index contributed by atoms with van der Waals surface area (Å²) >= 11 is 0. The fourth-order valence-electron chi connectivity index (χ4n) is 4.24. The van der Waals surface area contributed by atoms with Crippen molar-refractivity contribution < 1.29 is 0 Å². The SMILES string of the molecule is NC/C=C(\N)c1cccc([Si](c2ccccc2)(c2ccccc2)c2ccccc2)c1. The predicted octanol–water partition coefficient (Wildman–Crippen LogP) is 2.32. The van der Waals surface area contributed by atoms with Gasteiger partial charge in [0.15, 0.2) is 8.07 Å². The van der Waals surface area contributed by atoms with E-state index in [-0.39, 0.29) is 0 Å². The van der Waals surface area contributed by atoms with Crippen molar-refractivity contribution in [1.82, 2.24) is 0 Å². The Labute approximate surface area is 179 Å². The third kappa shape index (κ3) is 3.61. The number of rotatable bonds is 6. The van der Waals surface area contributed by atoms with Crippen LogP contribution in [0, 0.1) is 0 Å². The van der Waals surface area contributed by atoms with Gasteiger partial charge in [-0.25, -0.2) is 0 Å². The molecule has 2 nitrogen and oxygen atoms in total. The highest BCUT2D eigenvalue weighted by Crippen LogP contribution is 2.13. The van der Waals surface area contributed by atoms with Crippen molar-refractivity contribution in [2.45, 2.75) is 0 Å². The number of hydrogen-bond acceptors (Lipinski definition) is 2. The Kier molecular flexibility index (Phi) is 5.93. The lowest BCUT2D eigenvalue weighted by molar-refractivity contribution is 1.25. The van der Waals surface area contributed by atoms with E-state index in [0.717, 1.165) is 11.3 Å². The van der Waals surface area contributed by atoms with Gasteiger partial charge in [-0.3, -0.25) is 0 Å². The molecule has 0 aliphatic rings. The van der Waals surface area contributed by atoms with Crippen LogP contribution >= 0.6 is 0 Å². The molecule has 4 aromatic carbocycles. The molecule has 0 saturated heterocycles. The van der Waals surface area contributed by atoms with Crippen LogP contribution in [0.3, 0.4) is 0 Å². The van der Waals surface area contributed by atoms with Gasteiger partial charge in [-0.1, -0.05) is 115 Å². The smallest absolute Gasteiger partial charge is 0.179 e. The van der Waals surface area contributed by atoms with Crippen LogP contribution in [0.25, 0.3) is 5.70 Å². The largest absolute Gasteiger partial charge is 0.398 e. The molecule has 0 aliphatic carbocycles. The summed E-state index contributed by atoms with van der Waals surface area (Å²) in [6.07, 6.45) is 1.87. The van der Waals surface area contributed by atoms with Crippen molar-refractivity contribution in [2.24, 2.45) is 11.5 Å². The minimum Gasteiger partial charge on any atom is -0.398 e. The van der Waals surface area contributed by atoms with Gasteiger partial charge in [0.2, 0.25) is 0 Å². The molecule has 0 fully saturated rings. The topological polar surface area (TPSA) is 52.0 Å². The molecule has 4 aromatic rings. The molecular formula is C27H26N2Si. The highest BCUT2D eigenvalue weighted by molar-refractivity contribution is 7.19. The molecule has 0 aliphatic heterocycles. The molecule has 0 spiro atoms. The van der Waals surface area contributed by atoms with Gasteiger partial charge >= 0.3 is 0 Å². The molecule has 0 aromatic heterocycles. The van der Waals surface area contributed by atoms with Gasteiger partial charge in [0.1, 0.15) is 0 Å². The maximum absolute atomic E-state index is 6.33. The van der Waals surface area contributed by atoms with Crippen LogP contribution in [0.5, 0.6) is 0 Å². The highest BCUT2D eigenvalue weighted by atomic mass is 28.3. The summed E-state index contributed by atoms with van der Waals surface area (Å²) in [4.78, 5) is 0. The van der Waals surface area contributed by atoms with Crippen LogP contribution in [0.2, 0.25) is 0 Å². The molecule has 4 rings (SSSR count). The zero-order chi connectivity index (χ0) is 20.8. The van der Waals surface area contributed by atoms with Crippen LogP contribution in [0.1, 0.15) is 5.56 Å². The van der Waals surface area contributed by atoms with Gasteiger partial charge in [-0.05, 0) is 32.4 Å². The third-order valence-corrected chi connectivity index (χ3v) is 10.4. The summed E-state index contributed by atoms with van der Waals surface area (Å²) in [7, 11) is -2.51. The van der Waals surface area contributed by atoms with Gasteiger partial charge in [-0.2, -0.15) is 0 Å².